The van der Waals surface area contributed by atoms with Gasteiger partial charge in [0.1, 0.15) is 5.69 Å². The van der Waals surface area contributed by atoms with E-state index in [2.05, 4.69) is 4.98 Å². The molecule has 1 amide bonds. The van der Waals surface area contributed by atoms with Crippen LogP contribution in [-0.4, -0.2) is 15.8 Å². The molecule has 0 fully saturated rings. The van der Waals surface area contributed by atoms with Crippen LogP contribution < -0.4 is 0 Å². The van der Waals surface area contributed by atoms with E-state index in [0.29, 0.717) is 11.1 Å². The van der Waals surface area contributed by atoms with Gasteiger partial charge in [0.05, 0.1) is 11.1 Å². The molecule has 3 nitrogen and oxygen atoms in total. The Kier molecular flexibility index (Phi) is 3.28. The van der Waals surface area contributed by atoms with Crippen molar-refractivity contribution in [2.24, 2.45) is 0 Å². The second-order valence-electron chi connectivity index (χ2n) is 5.66. The minimum atomic E-state index is -4.49. The average Bonchev–Trinajstić information content (AvgIpc) is 2.98. The van der Waals surface area contributed by atoms with Crippen LogP contribution in [0.2, 0.25) is 0 Å². The number of fused-ring (bicyclic) bond motifs is 1. The molecule has 0 spiro atoms. The third kappa shape index (κ3) is 2.29. The Balaban J connectivity index is 1.92. The molecule has 22 heavy (non-hydrogen) atoms. The zero-order valence-corrected chi connectivity index (χ0v) is 12.8. The van der Waals surface area contributed by atoms with Gasteiger partial charge in [0.15, 0.2) is 0 Å². The van der Waals surface area contributed by atoms with Gasteiger partial charge in [0, 0.05) is 17.6 Å². The predicted octanol–water partition coefficient (Wildman–Crippen LogP) is 4.05. The van der Waals surface area contributed by atoms with Gasteiger partial charge in [-0.05, 0) is 43.0 Å². The maximum absolute atomic E-state index is 12.7. The molecule has 0 atom stereocenters. The van der Waals surface area contributed by atoms with Gasteiger partial charge < -0.3 is 4.90 Å². The van der Waals surface area contributed by atoms with E-state index in [0.717, 1.165) is 17.1 Å². The van der Waals surface area contributed by atoms with Crippen molar-refractivity contribution in [1.82, 2.24) is 9.88 Å². The van der Waals surface area contributed by atoms with Crippen molar-refractivity contribution in [3.8, 4) is 0 Å². The number of hydrogen-bond donors (Lipinski definition) is 0. The first-order valence-electron chi connectivity index (χ1n) is 6.63. The van der Waals surface area contributed by atoms with Crippen LogP contribution in [0.1, 0.15) is 40.3 Å². The van der Waals surface area contributed by atoms with Crippen LogP contribution in [-0.2, 0) is 18.3 Å². The fourth-order valence-electron chi connectivity index (χ4n) is 2.65. The van der Waals surface area contributed by atoms with E-state index in [4.69, 9.17) is 0 Å². The summed E-state index contributed by atoms with van der Waals surface area (Å²) in [6, 6.07) is 4.26. The van der Waals surface area contributed by atoms with Crippen LogP contribution in [0, 0.1) is 0 Å². The van der Waals surface area contributed by atoms with Crippen LogP contribution >= 0.6 is 11.3 Å². The zero-order chi connectivity index (χ0) is 16.1. The number of pyridine rings is 1. The number of aromatic nitrogens is 1. The summed E-state index contributed by atoms with van der Waals surface area (Å²) in [4.78, 5) is 18.3. The number of halogens is 3. The van der Waals surface area contributed by atoms with Crippen molar-refractivity contribution in [1.29, 1.82) is 0 Å². The number of alkyl halides is 3. The molecular weight excluding hydrogens is 313 g/mol. The van der Waals surface area contributed by atoms with Crippen LogP contribution in [0.4, 0.5) is 13.2 Å². The third-order valence-electron chi connectivity index (χ3n) is 3.83. The molecule has 3 rings (SSSR count). The third-order valence-corrected chi connectivity index (χ3v) is 5.05. The summed E-state index contributed by atoms with van der Waals surface area (Å²) >= 11 is 1.49. The van der Waals surface area contributed by atoms with Gasteiger partial charge in [-0.25, -0.2) is 0 Å². The zero-order valence-electron chi connectivity index (χ0n) is 11.9. The SMILES string of the molecule is CC1(C)c2sccc2C(=O)N1Cc1ccnc(C(F)(F)F)c1. The van der Waals surface area contributed by atoms with E-state index in [1.807, 2.05) is 19.2 Å². The lowest BCUT2D eigenvalue weighted by molar-refractivity contribution is -0.141. The Morgan fingerprint density at radius 1 is 1.32 bits per heavy atom. The number of hydrogen-bond acceptors (Lipinski definition) is 3. The fourth-order valence-corrected chi connectivity index (χ4v) is 3.67. The minimum Gasteiger partial charge on any atom is -0.324 e. The molecule has 7 heteroatoms. The van der Waals surface area contributed by atoms with Gasteiger partial charge in [-0.3, -0.25) is 9.78 Å². The van der Waals surface area contributed by atoms with E-state index < -0.39 is 17.4 Å². The van der Waals surface area contributed by atoms with Crippen molar-refractivity contribution < 1.29 is 18.0 Å². The number of amides is 1. The lowest BCUT2D eigenvalue weighted by Crippen LogP contribution is -2.38. The lowest BCUT2D eigenvalue weighted by Gasteiger charge is -2.32. The van der Waals surface area contributed by atoms with Crippen LogP contribution in [0.3, 0.4) is 0 Å². The van der Waals surface area contributed by atoms with Gasteiger partial charge in [0.25, 0.3) is 5.91 Å². The molecule has 0 saturated heterocycles. The Morgan fingerprint density at radius 3 is 2.68 bits per heavy atom. The summed E-state index contributed by atoms with van der Waals surface area (Å²) in [6.07, 6.45) is -3.36. The first-order valence-corrected chi connectivity index (χ1v) is 7.51. The minimum absolute atomic E-state index is 0.124. The van der Waals surface area contributed by atoms with Crippen LogP contribution in [0.15, 0.2) is 29.8 Å². The molecule has 0 unspecified atom stereocenters. The molecule has 1 aliphatic rings. The monoisotopic (exact) mass is 326 g/mol. The number of rotatable bonds is 2. The Morgan fingerprint density at radius 2 is 2.05 bits per heavy atom. The number of thiophene rings is 1. The van der Waals surface area contributed by atoms with Crippen molar-refractivity contribution in [2.45, 2.75) is 32.1 Å². The summed E-state index contributed by atoms with van der Waals surface area (Å²) in [5.41, 5.74) is -0.411. The Labute approximate surface area is 129 Å². The highest BCUT2D eigenvalue weighted by Gasteiger charge is 2.44. The highest BCUT2D eigenvalue weighted by atomic mass is 32.1. The number of carbonyl (C=O) groups is 1. The molecule has 1 aliphatic heterocycles. The van der Waals surface area contributed by atoms with Crippen molar-refractivity contribution in [3.63, 3.8) is 0 Å². The number of nitrogens with zero attached hydrogens (tertiary/aromatic N) is 2. The van der Waals surface area contributed by atoms with Crippen molar-refractivity contribution in [3.05, 3.63) is 51.5 Å². The topological polar surface area (TPSA) is 33.2 Å². The smallest absolute Gasteiger partial charge is 0.324 e. The summed E-state index contributed by atoms with van der Waals surface area (Å²) in [6.45, 7) is 3.93. The molecule has 0 radical (unpaired) electrons. The molecule has 0 saturated carbocycles. The first-order chi connectivity index (χ1) is 10.2. The maximum atomic E-state index is 12.7. The van der Waals surface area contributed by atoms with E-state index in [9.17, 15) is 18.0 Å². The van der Waals surface area contributed by atoms with Gasteiger partial charge in [-0.2, -0.15) is 13.2 Å². The maximum Gasteiger partial charge on any atom is 0.433 e. The van der Waals surface area contributed by atoms with Crippen LogP contribution in [0.5, 0.6) is 0 Å². The lowest BCUT2D eigenvalue weighted by atomic mass is 10.0. The molecule has 2 aromatic heterocycles. The number of carbonyl (C=O) groups excluding carboxylic acids is 1. The van der Waals surface area contributed by atoms with Crippen molar-refractivity contribution >= 4 is 17.2 Å². The van der Waals surface area contributed by atoms with Gasteiger partial charge in [-0.1, -0.05) is 0 Å². The quantitative estimate of drug-likeness (QED) is 0.834. The standard InChI is InChI=1S/C15H13F3N2OS/c1-14(2)12-10(4-6-22-12)13(21)20(14)8-9-3-5-19-11(7-9)15(16,17)18/h3-7H,8H2,1-2H3. The average molecular weight is 326 g/mol. The second kappa shape index (κ2) is 4.81. The molecule has 0 bridgehead atoms. The van der Waals surface area contributed by atoms with Crippen LogP contribution in [0.25, 0.3) is 0 Å². The van der Waals surface area contributed by atoms with Gasteiger partial charge in [0.2, 0.25) is 0 Å². The normalized spacial score (nSPS) is 17.0. The first kappa shape index (κ1) is 15.0. The molecule has 3 heterocycles. The predicted molar refractivity (Wildman–Crippen MR) is 76.5 cm³/mol. The Hall–Kier alpha value is -1.89. The van der Waals surface area contributed by atoms with E-state index >= 15 is 0 Å². The fraction of sp³-hybridized carbons (Fsp3) is 0.333. The molecule has 116 valence electrons. The second-order valence-corrected chi connectivity index (χ2v) is 6.58. The Bertz CT molecular complexity index is 736. The summed E-state index contributed by atoms with van der Waals surface area (Å²) in [5.74, 6) is -0.147. The van der Waals surface area contributed by atoms with E-state index in [1.54, 1.807) is 11.0 Å². The molecule has 0 aliphatic carbocycles. The highest BCUT2D eigenvalue weighted by Crippen LogP contribution is 2.42. The summed E-state index contributed by atoms with van der Waals surface area (Å²) < 4.78 is 38.2. The van der Waals surface area contributed by atoms with Gasteiger partial charge in [-0.15, -0.1) is 11.3 Å². The van der Waals surface area contributed by atoms with E-state index in [1.165, 1.54) is 17.4 Å². The summed E-state index contributed by atoms with van der Waals surface area (Å²) in [5, 5.41) is 1.86. The molecule has 2 aromatic rings. The largest absolute Gasteiger partial charge is 0.433 e. The van der Waals surface area contributed by atoms with Gasteiger partial charge >= 0.3 is 6.18 Å². The molecular formula is C15H13F3N2OS. The summed E-state index contributed by atoms with van der Waals surface area (Å²) in [7, 11) is 0. The molecule has 0 N–H and O–H groups in total. The highest BCUT2D eigenvalue weighted by molar-refractivity contribution is 7.10. The van der Waals surface area contributed by atoms with Crippen molar-refractivity contribution in [2.75, 3.05) is 0 Å². The molecule has 0 aromatic carbocycles. The van der Waals surface area contributed by atoms with E-state index in [-0.39, 0.29) is 12.5 Å².